The van der Waals surface area contributed by atoms with Gasteiger partial charge in [-0.25, -0.2) is 0 Å². The molecule has 0 atom stereocenters. The first-order valence-electron chi connectivity index (χ1n) is 10.9. The van der Waals surface area contributed by atoms with Crippen LogP contribution < -0.4 is 14.5 Å². The molecule has 0 unspecified atom stereocenters. The van der Waals surface area contributed by atoms with Crippen LogP contribution in [-0.2, 0) is 4.79 Å². The van der Waals surface area contributed by atoms with Crippen LogP contribution in [0.3, 0.4) is 0 Å². The minimum Gasteiger partial charge on any atom is -0.484 e. The Hall–Kier alpha value is -2.83. The molecule has 160 valence electrons. The molecule has 0 N–H and O–H groups in total. The average molecular weight is 410 g/mol. The van der Waals surface area contributed by atoms with Crippen molar-refractivity contribution in [2.75, 3.05) is 55.7 Å². The van der Waals surface area contributed by atoms with E-state index in [2.05, 4.69) is 39.1 Å². The summed E-state index contributed by atoms with van der Waals surface area (Å²) in [6.07, 6.45) is 2.43. The molecule has 2 aliphatic heterocycles. The van der Waals surface area contributed by atoms with Crippen molar-refractivity contribution in [3.8, 4) is 5.75 Å². The molecule has 0 bridgehead atoms. The predicted molar refractivity (Wildman–Crippen MR) is 118 cm³/mol. The Bertz CT molecular complexity index is 841. The maximum Gasteiger partial charge on any atom is 0.260 e. The number of benzene rings is 1. The lowest BCUT2D eigenvalue weighted by atomic mass is 9.99. The first-order valence-corrected chi connectivity index (χ1v) is 10.9. The van der Waals surface area contributed by atoms with Crippen molar-refractivity contribution in [3.63, 3.8) is 0 Å². The summed E-state index contributed by atoms with van der Waals surface area (Å²) in [4.78, 5) is 18.9. The van der Waals surface area contributed by atoms with Gasteiger partial charge in [0.2, 0.25) is 0 Å². The average Bonchev–Trinajstić information content (AvgIpc) is 2.79. The van der Waals surface area contributed by atoms with Crippen LogP contribution in [0.25, 0.3) is 0 Å². The summed E-state index contributed by atoms with van der Waals surface area (Å²) in [5.74, 6) is 3.44. The smallest absolute Gasteiger partial charge is 0.260 e. The minimum absolute atomic E-state index is 0.0265. The van der Waals surface area contributed by atoms with Crippen molar-refractivity contribution >= 4 is 17.5 Å². The van der Waals surface area contributed by atoms with E-state index in [-0.39, 0.29) is 12.5 Å². The molecule has 30 heavy (non-hydrogen) atoms. The van der Waals surface area contributed by atoms with Gasteiger partial charge in [-0.15, -0.1) is 10.2 Å². The van der Waals surface area contributed by atoms with Gasteiger partial charge in [0.15, 0.2) is 18.2 Å². The number of carbonyl (C=O) groups excluding carboxylic acids is 1. The van der Waals surface area contributed by atoms with Gasteiger partial charge in [0.25, 0.3) is 5.91 Å². The summed E-state index contributed by atoms with van der Waals surface area (Å²) < 4.78 is 5.71. The highest BCUT2D eigenvalue weighted by Gasteiger charge is 2.23. The molecule has 0 aliphatic carbocycles. The number of hydrogen-bond acceptors (Lipinski definition) is 6. The Kier molecular flexibility index (Phi) is 6.35. The summed E-state index contributed by atoms with van der Waals surface area (Å²) in [6.45, 7) is 9.33. The zero-order valence-electron chi connectivity index (χ0n) is 18.0. The van der Waals surface area contributed by atoms with Gasteiger partial charge in [0.1, 0.15) is 5.75 Å². The molecule has 2 fully saturated rings. The molecule has 7 heteroatoms. The van der Waals surface area contributed by atoms with Gasteiger partial charge in [-0.1, -0.05) is 25.1 Å². The van der Waals surface area contributed by atoms with Crippen molar-refractivity contribution in [2.24, 2.45) is 5.92 Å². The number of amides is 1. The number of ether oxygens (including phenoxy) is 1. The number of anilines is 2. The summed E-state index contributed by atoms with van der Waals surface area (Å²) >= 11 is 0. The van der Waals surface area contributed by atoms with Crippen molar-refractivity contribution in [1.82, 2.24) is 15.1 Å². The molecule has 1 aromatic heterocycles. The highest BCUT2D eigenvalue weighted by molar-refractivity contribution is 5.78. The minimum atomic E-state index is 0.0265. The Morgan fingerprint density at radius 1 is 0.933 bits per heavy atom. The molecule has 7 nitrogen and oxygen atoms in total. The van der Waals surface area contributed by atoms with Crippen molar-refractivity contribution < 1.29 is 9.53 Å². The van der Waals surface area contributed by atoms with Crippen LogP contribution in [0.2, 0.25) is 0 Å². The van der Waals surface area contributed by atoms with Gasteiger partial charge in [-0.2, -0.15) is 0 Å². The van der Waals surface area contributed by atoms with Crippen molar-refractivity contribution in [2.45, 2.75) is 26.7 Å². The zero-order chi connectivity index (χ0) is 20.9. The molecule has 3 heterocycles. The number of aryl methyl sites for hydroxylation is 1. The number of piperidine rings is 1. The van der Waals surface area contributed by atoms with Gasteiger partial charge in [0, 0.05) is 39.3 Å². The Balaban J connectivity index is 1.26. The van der Waals surface area contributed by atoms with E-state index < -0.39 is 0 Å². The van der Waals surface area contributed by atoms with Crippen LogP contribution >= 0.6 is 0 Å². The van der Waals surface area contributed by atoms with Crippen molar-refractivity contribution in [3.05, 3.63) is 42.0 Å². The lowest BCUT2D eigenvalue weighted by molar-refractivity contribution is -0.133. The monoisotopic (exact) mass is 409 g/mol. The number of carbonyl (C=O) groups is 1. The molecule has 1 aromatic carbocycles. The van der Waals surface area contributed by atoms with Crippen LogP contribution in [0.4, 0.5) is 11.6 Å². The lowest BCUT2D eigenvalue weighted by Gasteiger charge is -2.35. The fourth-order valence-electron chi connectivity index (χ4n) is 4.03. The van der Waals surface area contributed by atoms with E-state index in [0.29, 0.717) is 13.1 Å². The Morgan fingerprint density at radius 3 is 2.13 bits per heavy atom. The summed E-state index contributed by atoms with van der Waals surface area (Å²) in [6, 6.07) is 11.9. The van der Waals surface area contributed by atoms with Crippen LogP contribution in [0, 0.1) is 12.8 Å². The largest absolute Gasteiger partial charge is 0.484 e. The standard InChI is InChI=1S/C23H31N5O2/c1-18-9-11-26(12-10-18)21-7-8-22(25-24-21)27-13-15-28(16-14-27)23(29)17-30-20-6-4-3-5-19(20)2/h3-8,18H,9-17H2,1-2H3. The van der Waals surface area contributed by atoms with Crippen LogP contribution in [0.15, 0.2) is 36.4 Å². The first kappa shape index (κ1) is 20.4. The normalized spacial score (nSPS) is 17.9. The molecule has 1 amide bonds. The SMILES string of the molecule is Cc1ccccc1OCC(=O)N1CCN(c2ccc(N3CCC(C)CC3)nn2)CC1. The molecule has 4 rings (SSSR count). The molecule has 2 saturated heterocycles. The molecular weight excluding hydrogens is 378 g/mol. The van der Waals surface area contributed by atoms with E-state index in [1.165, 1.54) is 12.8 Å². The number of nitrogens with zero attached hydrogens (tertiary/aromatic N) is 5. The zero-order valence-corrected chi connectivity index (χ0v) is 18.0. The maximum absolute atomic E-state index is 12.5. The fourth-order valence-corrected chi connectivity index (χ4v) is 4.03. The first-order chi connectivity index (χ1) is 14.6. The number of para-hydroxylation sites is 1. The number of hydrogen-bond donors (Lipinski definition) is 0. The second-order valence-corrected chi connectivity index (χ2v) is 8.34. The molecule has 0 saturated carbocycles. The van der Waals surface area contributed by atoms with E-state index in [9.17, 15) is 4.79 Å². The fraction of sp³-hybridized carbons (Fsp3) is 0.522. The molecule has 0 radical (unpaired) electrons. The van der Waals surface area contributed by atoms with Crippen molar-refractivity contribution in [1.29, 1.82) is 0 Å². The topological polar surface area (TPSA) is 61.8 Å². The van der Waals surface area contributed by atoms with E-state index in [1.54, 1.807) is 0 Å². The molecule has 2 aliphatic rings. The Morgan fingerprint density at radius 2 is 1.53 bits per heavy atom. The van der Waals surface area contributed by atoms with E-state index in [1.807, 2.05) is 36.1 Å². The van der Waals surface area contributed by atoms with Gasteiger partial charge >= 0.3 is 0 Å². The number of piperazine rings is 1. The summed E-state index contributed by atoms with van der Waals surface area (Å²) in [7, 11) is 0. The van der Waals surface area contributed by atoms with Crippen LogP contribution in [0.5, 0.6) is 5.75 Å². The summed E-state index contributed by atoms with van der Waals surface area (Å²) in [5.41, 5.74) is 1.04. The van der Waals surface area contributed by atoms with E-state index in [0.717, 1.165) is 55.0 Å². The molecular formula is C23H31N5O2. The van der Waals surface area contributed by atoms with Crippen LogP contribution in [-0.4, -0.2) is 66.9 Å². The summed E-state index contributed by atoms with van der Waals surface area (Å²) in [5, 5.41) is 8.92. The maximum atomic E-state index is 12.5. The third-order valence-electron chi connectivity index (χ3n) is 6.15. The third kappa shape index (κ3) is 4.83. The molecule has 2 aromatic rings. The van der Waals surface area contributed by atoms with Gasteiger partial charge in [0.05, 0.1) is 0 Å². The second-order valence-electron chi connectivity index (χ2n) is 8.34. The van der Waals surface area contributed by atoms with E-state index >= 15 is 0 Å². The predicted octanol–water partition coefficient (Wildman–Crippen LogP) is 2.75. The van der Waals surface area contributed by atoms with Gasteiger partial charge in [-0.05, 0) is 49.4 Å². The highest BCUT2D eigenvalue weighted by Crippen LogP contribution is 2.22. The van der Waals surface area contributed by atoms with E-state index in [4.69, 9.17) is 4.74 Å². The Labute approximate surface area is 178 Å². The third-order valence-corrected chi connectivity index (χ3v) is 6.15. The number of aromatic nitrogens is 2. The second kappa shape index (κ2) is 9.32. The van der Waals surface area contributed by atoms with Gasteiger partial charge in [-0.3, -0.25) is 4.79 Å². The quantitative estimate of drug-likeness (QED) is 0.757. The lowest BCUT2D eigenvalue weighted by Crippen LogP contribution is -2.50. The van der Waals surface area contributed by atoms with Crippen LogP contribution in [0.1, 0.15) is 25.3 Å². The molecule has 0 spiro atoms. The van der Waals surface area contributed by atoms with Gasteiger partial charge < -0.3 is 19.4 Å². The number of rotatable bonds is 5. The highest BCUT2D eigenvalue weighted by atomic mass is 16.5.